The van der Waals surface area contributed by atoms with E-state index in [9.17, 15) is 0 Å². The molecule has 0 saturated carbocycles. The third kappa shape index (κ3) is 4.71. The quantitative estimate of drug-likeness (QED) is 0.342. The predicted octanol–water partition coefficient (Wildman–Crippen LogP) is 7.30. The number of rotatable bonds is 8. The Morgan fingerprint density at radius 1 is 1.00 bits per heavy atom. The molecule has 32 heavy (non-hydrogen) atoms. The number of aryl methyl sites for hydroxylation is 1. The monoisotopic (exact) mass is 443 g/mol. The van der Waals surface area contributed by atoms with E-state index in [1.54, 1.807) is 0 Å². The Kier molecular flexibility index (Phi) is 6.77. The zero-order valence-corrected chi connectivity index (χ0v) is 19.9. The van der Waals surface area contributed by atoms with Crippen LogP contribution in [0.2, 0.25) is 0 Å². The maximum atomic E-state index is 5.19. The summed E-state index contributed by atoms with van der Waals surface area (Å²) in [6, 6.07) is 18.1. The van der Waals surface area contributed by atoms with Gasteiger partial charge in [-0.25, -0.2) is 4.99 Å². The molecule has 4 heteroatoms. The van der Waals surface area contributed by atoms with Crippen LogP contribution >= 0.6 is 11.8 Å². The Labute approximate surface area is 196 Å². The Hall–Kier alpha value is -2.33. The molecule has 0 spiro atoms. The molecule has 1 unspecified atom stereocenters. The molecule has 1 atom stereocenters. The summed E-state index contributed by atoms with van der Waals surface area (Å²) in [5.41, 5.74) is 5.23. The molecule has 0 N–H and O–H groups in total. The van der Waals surface area contributed by atoms with E-state index in [4.69, 9.17) is 9.98 Å². The number of fused-ring (bicyclic) bond motifs is 3. The zero-order valence-electron chi connectivity index (χ0n) is 19.1. The van der Waals surface area contributed by atoms with Crippen molar-refractivity contribution in [2.24, 2.45) is 4.99 Å². The molecule has 3 aromatic rings. The lowest BCUT2D eigenvalue weighted by Gasteiger charge is -2.32. The molecule has 0 bridgehead atoms. The second-order valence-electron chi connectivity index (χ2n) is 9.15. The first-order valence-corrected chi connectivity index (χ1v) is 13.2. The maximum absolute atomic E-state index is 5.19. The molecule has 3 nitrogen and oxygen atoms in total. The molecule has 3 heterocycles. The Bertz CT molecular complexity index is 1110. The number of aromatic nitrogens is 1. The van der Waals surface area contributed by atoms with Crippen LogP contribution in [-0.4, -0.2) is 26.8 Å². The molecule has 0 amide bonds. The molecule has 1 saturated heterocycles. The number of hydrogen-bond donors (Lipinski definition) is 0. The van der Waals surface area contributed by atoms with Crippen molar-refractivity contribution < 1.29 is 0 Å². The molecule has 1 aromatic heterocycles. The lowest BCUT2D eigenvalue weighted by atomic mass is 9.95. The van der Waals surface area contributed by atoms with Gasteiger partial charge in [0, 0.05) is 41.0 Å². The normalized spacial score (nSPS) is 18.8. The predicted molar refractivity (Wildman–Crippen MR) is 138 cm³/mol. The summed E-state index contributed by atoms with van der Waals surface area (Å²) in [6.45, 7) is 3.25. The van der Waals surface area contributed by atoms with Crippen molar-refractivity contribution >= 4 is 33.4 Å². The third-order valence-electron chi connectivity index (χ3n) is 6.81. The second kappa shape index (κ2) is 10.1. The summed E-state index contributed by atoms with van der Waals surface area (Å²) < 4.78 is 0. The van der Waals surface area contributed by atoms with Crippen molar-refractivity contribution in [3.05, 3.63) is 71.5 Å². The largest absolute Gasteiger partial charge is 0.343 e. The van der Waals surface area contributed by atoms with Crippen LogP contribution < -0.4 is 0 Å². The van der Waals surface area contributed by atoms with Crippen molar-refractivity contribution in [2.45, 2.75) is 70.9 Å². The minimum atomic E-state index is 0.563. The lowest BCUT2D eigenvalue weighted by Crippen LogP contribution is -2.38. The van der Waals surface area contributed by atoms with Gasteiger partial charge in [0.2, 0.25) is 0 Å². The Balaban J connectivity index is 1.34. The van der Waals surface area contributed by atoms with Crippen molar-refractivity contribution in [2.75, 3.05) is 5.75 Å². The van der Waals surface area contributed by atoms with Gasteiger partial charge in [0.15, 0.2) is 5.17 Å². The van der Waals surface area contributed by atoms with Crippen molar-refractivity contribution in [3.63, 3.8) is 0 Å². The lowest BCUT2D eigenvalue weighted by molar-refractivity contribution is 0.320. The highest BCUT2D eigenvalue weighted by molar-refractivity contribution is 8.14. The zero-order chi connectivity index (χ0) is 21.8. The number of aliphatic imine (C=N–C) groups is 1. The van der Waals surface area contributed by atoms with Crippen LogP contribution in [0.5, 0.6) is 0 Å². The fourth-order valence-electron chi connectivity index (χ4n) is 4.93. The van der Waals surface area contributed by atoms with Gasteiger partial charge in [-0.3, -0.25) is 4.98 Å². The molecule has 5 rings (SSSR count). The summed E-state index contributed by atoms with van der Waals surface area (Å²) in [6.07, 6.45) is 12.1. The van der Waals surface area contributed by atoms with Crippen LogP contribution in [-0.2, 0) is 19.4 Å². The first-order valence-electron chi connectivity index (χ1n) is 12.2. The first kappa shape index (κ1) is 21.5. The van der Waals surface area contributed by atoms with E-state index < -0.39 is 0 Å². The third-order valence-corrected chi connectivity index (χ3v) is 7.94. The molecular formula is C28H33N3S. The number of hydrogen-bond acceptors (Lipinski definition) is 3. The summed E-state index contributed by atoms with van der Waals surface area (Å²) in [4.78, 5) is 12.5. The van der Waals surface area contributed by atoms with Crippen molar-refractivity contribution in [3.8, 4) is 0 Å². The summed E-state index contributed by atoms with van der Waals surface area (Å²) in [5, 5.41) is 3.59. The highest BCUT2D eigenvalue weighted by Gasteiger charge is 2.34. The molecule has 0 aliphatic carbocycles. The molecular weight excluding hydrogens is 410 g/mol. The SMILES string of the molecule is CCCCCCCCc1cc2c(N=C3SCC4Cc5ccccc5CN34)cccc2cn1. The van der Waals surface area contributed by atoms with E-state index in [1.807, 2.05) is 18.0 Å². The Morgan fingerprint density at radius 2 is 1.84 bits per heavy atom. The average molecular weight is 444 g/mol. The van der Waals surface area contributed by atoms with E-state index in [0.29, 0.717) is 6.04 Å². The van der Waals surface area contributed by atoms with E-state index >= 15 is 0 Å². The van der Waals surface area contributed by atoms with Gasteiger partial charge in [0.05, 0.1) is 5.69 Å². The van der Waals surface area contributed by atoms with E-state index in [-0.39, 0.29) is 0 Å². The number of amidine groups is 1. The number of unbranched alkanes of at least 4 members (excludes halogenated alkanes) is 5. The van der Waals surface area contributed by atoms with Crippen molar-refractivity contribution in [1.82, 2.24) is 9.88 Å². The van der Waals surface area contributed by atoms with Gasteiger partial charge in [-0.2, -0.15) is 0 Å². The van der Waals surface area contributed by atoms with Gasteiger partial charge in [-0.1, -0.05) is 87.2 Å². The number of nitrogens with zero attached hydrogens (tertiary/aromatic N) is 3. The standard InChI is InChI=1S/C28H33N3S/c1-2-3-4-5-6-7-14-24-17-26-22(18-29-24)13-10-15-27(26)30-28-31-19-23-12-9-8-11-21(23)16-25(31)20-32-28/h8-13,15,17-18,25H,2-7,14,16,19-20H2,1H3. The average Bonchev–Trinajstić information content (AvgIpc) is 3.21. The fourth-order valence-corrected chi connectivity index (χ4v) is 6.11. The molecule has 2 aliphatic heterocycles. The first-order chi connectivity index (χ1) is 15.8. The smallest absolute Gasteiger partial charge is 0.165 e. The molecule has 0 radical (unpaired) electrons. The van der Waals surface area contributed by atoms with Gasteiger partial charge < -0.3 is 4.90 Å². The van der Waals surface area contributed by atoms with E-state index in [1.165, 1.54) is 71.3 Å². The molecule has 1 fully saturated rings. The van der Waals surface area contributed by atoms with Crippen LogP contribution in [0.25, 0.3) is 10.8 Å². The molecule has 2 aromatic carbocycles. The number of thioether (sulfide) groups is 1. The summed E-state index contributed by atoms with van der Waals surface area (Å²) in [7, 11) is 0. The maximum Gasteiger partial charge on any atom is 0.165 e. The van der Waals surface area contributed by atoms with E-state index in [2.05, 4.69) is 60.4 Å². The van der Waals surface area contributed by atoms with Gasteiger partial charge in [-0.05, 0) is 42.5 Å². The minimum Gasteiger partial charge on any atom is -0.343 e. The van der Waals surface area contributed by atoms with Crippen LogP contribution in [0.3, 0.4) is 0 Å². The highest BCUT2D eigenvalue weighted by Crippen LogP contribution is 2.36. The second-order valence-corrected chi connectivity index (χ2v) is 10.1. The van der Waals surface area contributed by atoms with Gasteiger partial charge in [-0.15, -0.1) is 0 Å². The van der Waals surface area contributed by atoms with Crippen LogP contribution in [0.15, 0.2) is 59.7 Å². The van der Waals surface area contributed by atoms with Crippen LogP contribution in [0, 0.1) is 0 Å². The number of benzene rings is 2. The topological polar surface area (TPSA) is 28.5 Å². The Morgan fingerprint density at radius 3 is 2.75 bits per heavy atom. The van der Waals surface area contributed by atoms with E-state index in [0.717, 1.165) is 30.8 Å². The summed E-state index contributed by atoms with van der Waals surface area (Å²) in [5.74, 6) is 1.13. The summed E-state index contributed by atoms with van der Waals surface area (Å²) >= 11 is 1.91. The van der Waals surface area contributed by atoms with Crippen LogP contribution in [0.1, 0.15) is 62.3 Å². The van der Waals surface area contributed by atoms with Gasteiger partial charge >= 0.3 is 0 Å². The highest BCUT2D eigenvalue weighted by atomic mass is 32.2. The molecule has 2 aliphatic rings. The van der Waals surface area contributed by atoms with Gasteiger partial charge in [0.1, 0.15) is 0 Å². The fraction of sp³-hybridized carbons (Fsp3) is 0.429. The minimum absolute atomic E-state index is 0.563. The molecule has 166 valence electrons. The van der Waals surface area contributed by atoms with Crippen LogP contribution in [0.4, 0.5) is 5.69 Å². The van der Waals surface area contributed by atoms with Crippen molar-refractivity contribution in [1.29, 1.82) is 0 Å². The number of pyridine rings is 1. The van der Waals surface area contributed by atoms with Gasteiger partial charge in [0.25, 0.3) is 0 Å².